The van der Waals surface area contributed by atoms with Crippen molar-refractivity contribution >= 4 is 46.3 Å². The van der Waals surface area contributed by atoms with Crippen LogP contribution < -0.4 is 5.32 Å². The van der Waals surface area contributed by atoms with Crippen molar-refractivity contribution in [3.8, 4) is 32.4 Å². The number of carbonyl (C=O) groups excluding carboxylic acids is 1. The van der Waals surface area contributed by atoms with E-state index in [0.717, 1.165) is 26.7 Å². The largest absolute Gasteiger partial charge is 0.344 e. The molecular formula is C19H13Cl2N5OS. The van der Waals surface area contributed by atoms with Crippen LogP contribution in [0.4, 0.5) is 5.82 Å². The van der Waals surface area contributed by atoms with Crippen LogP contribution in [0.2, 0.25) is 10.0 Å². The van der Waals surface area contributed by atoms with Gasteiger partial charge in [0.25, 0.3) is 0 Å². The number of nitrogens with one attached hydrogen (secondary N) is 2. The van der Waals surface area contributed by atoms with Crippen LogP contribution in [0.25, 0.3) is 32.4 Å². The Morgan fingerprint density at radius 3 is 2.68 bits per heavy atom. The molecule has 2 N–H and O–H groups in total. The maximum Gasteiger partial charge on any atom is 0.222 e. The number of carbonyl (C=O) groups is 1. The van der Waals surface area contributed by atoms with Crippen molar-refractivity contribution in [1.82, 2.24) is 19.9 Å². The van der Waals surface area contributed by atoms with Crippen LogP contribution in [0.3, 0.4) is 0 Å². The molecule has 1 aromatic carbocycles. The highest BCUT2D eigenvalue weighted by atomic mass is 35.5. The zero-order valence-electron chi connectivity index (χ0n) is 14.5. The van der Waals surface area contributed by atoms with Crippen molar-refractivity contribution in [3.63, 3.8) is 0 Å². The van der Waals surface area contributed by atoms with Gasteiger partial charge in [0.05, 0.1) is 15.4 Å². The van der Waals surface area contributed by atoms with Gasteiger partial charge in [0.1, 0.15) is 18.0 Å². The van der Waals surface area contributed by atoms with Crippen LogP contribution in [0.1, 0.15) is 6.92 Å². The Hall–Kier alpha value is -2.74. The van der Waals surface area contributed by atoms with Gasteiger partial charge < -0.3 is 10.3 Å². The zero-order valence-corrected chi connectivity index (χ0v) is 16.9. The maximum absolute atomic E-state index is 11.3. The monoisotopic (exact) mass is 429 g/mol. The summed E-state index contributed by atoms with van der Waals surface area (Å²) >= 11 is 14.0. The predicted molar refractivity (Wildman–Crippen MR) is 113 cm³/mol. The lowest BCUT2D eigenvalue weighted by Crippen LogP contribution is -2.07. The van der Waals surface area contributed by atoms with Crippen LogP contribution >= 0.6 is 34.5 Å². The summed E-state index contributed by atoms with van der Waals surface area (Å²) in [5.41, 5.74) is 2.44. The molecule has 0 fully saturated rings. The Balaban J connectivity index is 1.86. The van der Waals surface area contributed by atoms with Gasteiger partial charge in [-0.1, -0.05) is 29.3 Å². The van der Waals surface area contributed by atoms with Gasteiger partial charge in [-0.3, -0.25) is 4.79 Å². The van der Waals surface area contributed by atoms with Crippen molar-refractivity contribution in [2.75, 3.05) is 5.32 Å². The molecule has 3 aromatic heterocycles. The van der Waals surface area contributed by atoms with E-state index in [2.05, 4.69) is 25.3 Å². The van der Waals surface area contributed by atoms with Crippen molar-refractivity contribution in [2.24, 2.45) is 0 Å². The highest BCUT2D eigenvalue weighted by Crippen LogP contribution is 2.44. The van der Waals surface area contributed by atoms with Crippen LogP contribution in [-0.4, -0.2) is 25.8 Å². The molecule has 0 bridgehead atoms. The van der Waals surface area contributed by atoms with Gasteiger partial charge in [-0.05, 0) is 18.2 Å². The Bertz CT molecular complexity index is 1160. The molecule has 0 saturated carbocycles. The molecule has 9 heteroatoms. The van der Waals surface area contributed by atoms with Gasteiger partial charge in [-0.2, -0.15) is 0 Å². The van der Waals surface area contributed by atoms with E-state index in [1.54, 1.807) is 30.6 Å². The summed E-state index contributed by atoms with van der Waals surface area (Å²) in [7, 11) is 0. The average Bonchev–Trinajstić information content (AvgIpc) is 3.31. The van der Waals surface area contributed by atoms with Crippen LogP contribution in [-0.2, 0) is 4.79 Å². The quantitative estimate of drug-likeness (QED) is 0.446. The van der Waals surface area contributed by atoms with E-state index in [1.165, 1.54) is 24.6 Å². The van der Waals surface area contributed by atoms with Crippen molar-refractivity contribution in [1.29, 1.82) is 0 Å². The van der Waals surface area contributed by atoms with Gasteiger partial charge in [0.15, 0.2) is 0 Å². The molecule has 0 aliphatic carbocycles. The number of hydrogen-bond acceptors (Lipinski definition) is 5. The van der Waals surface area contributed by atoms with Gasteiger partial charge in [-0.15, -0.1) is 11.3 Å². The molecule has 1 amide bonds. The first kappa shape index (κ1) is 18.6. The highest BCUT2D eigenvalue weighted by molar-refractivity contribution is 7.19. The van der Waals surface area contributed by atoms with E-state index in [0.29, 0.717) is 21.6 Å². The fourth-order valence-corrected chi connectivity index (χ4v) is 4.34. The number of imidazole rings is 1. The number of halogens is 2. The minimum atomic E-state index is -0.194. The minimum absolute atomic E-state index is 0.194. The van der Waals surface area contributed by atoms with E-state index in [-0.39, 0.29) is 5.91 Å². The second-order valence-corrected chi connectivity index (χ2v) is 7.78. The van der Waals surface area contributed by atoms with Crippen LogP contribution in [0.5, 0.6) is 0 Å². The number of benzene rings is 1. The summed E-state index contributed by atoms with van der Waals surface area (Å²) in [4.78, 5) is 29.1. The third-order valence-corrected chi connectivity index (χ3v) is 5.60. The Labute approximate surface area is 174 Å². The number of amides is 1. The van der Waals surface area contributed by atoms with E-state index >= 15 is 0 Å². The molecule has 4 aromatic rings. The second-order valence-electron chi connectivity index (χ2n) is 5.89. The van der Waals surface area contributed by atoms with E-state index < -0.39 is 0 Å². The third-order valence-electron chi connectivity index (χ3n) is 3.89. The molecule has 0 aliphatic rings. The molecule has 28 heavy (non-hydrogen) atoms. The number of anilines is 1. The summed E-state index contributed by atoms with van der Waals surface area (Å²) in [6.45, 7) is 1.43. The number of nitrogens with zero attached hydrogens (tertiary/aromatic N) is 3. The van der Waals surface area contributed by atoms with Crippen LogP contribution in [0.15, 0.2) is 49.1 Å². The highest BCUT2D eigenvalue weighted by Gasteiger charge is 2.18. The van der Waals surface area contributed by atoms with E-state index in [9.17, 15) is 4.79 Å². The molecule has 0 atom stereocenters. The topological polar surface area (TPSA) is 83.6 Å². The predicted octanol–water partition coefficient (Wildman–Crippen LogP) is 5.53. The number of rotatable bonds is 4. The standard InChI is InChI=1S/C19H13Cl2N5OS/c1-10(27)26-17-8-15(24-9-25-17)16-7-13(12-3-2-11(20)6-14(12)21)18(28-16)19-22-4-5-23-19/h2-9H,1H3,(H,22,23)(H,24,25,26,27). The first-order valence-corrected chi connectivity index (χ1v) is 9.77. The normalized spacial score (nSPS) is 10.8. The molecule has 4 rings (SSSR count). The van der Waals surface area contributed by atoms with Crippen molar-refractivity contribution in [3.05, 3.63) is 59.1 Å². The molecular weight excluding hydrogens is 417 g/mol. The summed E-state index contributed by atoms with van der Waals surface area (Å²) < 4.78 is 0. The Morgan fingerprint density at radius 2 is 1.96 bits per heavy atom. The first-order chi connectivity index (χ1) is 13.5. The van der Waals surface area contributed by atoms with Crippen molar-refractivity contribution in [2.45, 2.75) is 6.92 Å². The number of aromatic amines is 1. The van der Waals surface area contributed by atoms with Gasteiger partial charge in [0, 0.05) is 46.6 Å². The van der Waals surface area contributed by atoms with Crippen molar-refractivity contribution < 1.29 is 4.79 Å². The first-order valence-electron chi connectivity index (χ1n) is 8.20. The van der Waals surface area contributed by atoms with Gasteiger partial charge in [-0.25, -0.2) is 15.0 Å². The average molecular weight is 430 g/mol. The molecule has 0 saturated heterocycles. The summed E-state index contributed by atoms with van der Waals surface area (Å²) in [6.07, 6.45) is 4.88. The number of aromatic nitrogens is 4. The second kappa shape index (κ2) is 7.71. The number of H-pyrrole nitrogens is 1. The molecule has 6 nitrogen and oxygen atoms in total. The minimum Gasteiger partial charge on any atom is -0.344 e. The SMILES string of the molecule is CC(=O)Nc1cc(-c2cc(-c3ccc(Cl)cc3Cl)c(-c3ncc[nH]3)s2)ncn1. The lowest BCUT2D eigenvalue weighted by atomic mass is 10.1. The summed E-state index contributed by atoms with van der Waals surface area (Å²) in [5, 5.41) is 3.79. The Kier molecular flexibility index (Phi) is 5.13. The van der Waals surface area contributed by atoms with E-state index in [4.69, 9.17) is 23.2 Å². The van der Waals surface area contributed by atoms with Gasteiger partial charge in [0.2, 0.25) is 5.91 Å². The fraction of sp³-hybridized carbons (Fsp3) is 0.0526. The lowest BCUT2D eigenvalue weighted by Gasteiger charge is -2.05. The fourth-order valence-electron chi connectivity index (χ4n) is 2.73. The molecule has 0 aliphatic heterocycles. The summed E-state index contributed by atoms with van der Waals surface area (Å²) in [5.74, 6) is 0.977. The van der Waals surface area contributed by atoms with Crippen LogP contribution in [0, 0.1) is 0 Å². The third kappa shape index (κ3) is 3.77. The summed E-state index contributed by atoms with van der Waals surface area (Å²) in [6, 6.07) is 9.11. The van der Waals surface area contributed by atoms with E-state index in [1.807, 2.05) is 12.1 Å². The molecule has 140 valence electrons. The molecule has 0 radical (unpaired) electrons. The smallest absolute Gasteiger partial charge is 0.222 e. The molecule has 0 spiro atoms. The Morgan fingerprint density at radius 1 is 1.11 bits per heavy atom. The molecule has 0 unspecified atom stereocenters. The number of thiophene rings is 1. The maximum atomic E-state index is 11.3. The van der Waals surface area contributed by atoms with Gasteiger partial charge >= 0.3 is 0 Å². The molecule has 3 heterocycles. The lowest BCUT2D eigenvalue weighted by molar-refractivity contribution is -0.114. The number of hydrogen-bond donors (Lipinski definition) is 2. The zero-order chi connectivity index (χ0) is 19.7.